The molecular formula is C11H16N2O2. The van der Waals surface area contributed by atoms with E-state index in [-0.39, 0.29) is 17.9 Å². The summed E-state index contributed by atoms with van der Waals surface area (Å²) in [5.41, 5.74) is 5.84. The highest BCUT2D eigenvalue weighted by molar-refractivity contribution is 5.80. The van der Waals surface area contributed by atoms with E-state index in [0.29, 0.717) is 11.4 Å². The Labute approximate surface area is 89.5 Å². The highest BCUT2D eigenvalue weighted by atomic mass is 16.5. The van der Waals surface area contributed by atoms with Crippen LogP contribution in [0.3, 0.4) is 0 Å². The van der Waals surface area contributed by atoms with Gasteiger partial charge in [-0.25, -0.2) is 0 Å². The Hall–Kier alpha value is -1.58. The molecule has 1 rings (SSSR count). The molecule has 4 nitrogen and oxygen atoms in total. The molecule has 82 valence electrons. The minimum atomic E-state index is -0.375. The summed E-state index contributed by atoms with van der Waals surface area (Å²) in [6.45, 7) is 5.62. The molecule has 1 atom stereocenters. The first-order valence-electron chi connectivity index (χ1n) is 4.92. The number of rotatable bonds is 4. The van der Waals surface area contributed by atoms with E-state index in [4.69, 9.17) is 10.5 Å². The maximum absolute atomic E-state index is 10.9. The number of nitrogens with two attached hydrogens (primary N) is 1. The van der Waals surface area contributed by atoms with Gasteiger partial charge < -0.3 is 10.5 Å². The van der Waals surface area contributed by atoms with Crippen molar-refractivity contribution in [2.75, 3.05) is 0 Å². The van der Waals surface area contributed by atoms with Crippen LogP contribution >= 0.6 is 0 Å². The molecule has 1 aromatic rings. The Bertz CT molecular complexity index is 333. The molecule has 0 aliphatic carbocycles. The minimum absolute atomic E-state index is 0.117. The highest BCUT2D eigenvalue weighted by Crippen LogP contribution is 2.16. The van der Waals surface area contributed by atoms with Gasteiger partial charge in [0.2, 0.25) is 5.91 Å². The second-order valence-corrected chi connectivity index (χ2v) is 3.71. The maximum atomic E-state index is 10.9. The Morgan fingerprint density at radius 1 is 1.40 bits per heavy atom. The summed E-state index contributed by atoms with van der Waals surface area (Å²) in [5.74, 6) is -0.0384. The van der Waals surface area contributed by atoms with Crippen LogP contribution in [0.5, 0.6) is 5.75 Å². The molecule has 0 saturated heterocycles. The summed E-state index contributed by atoms with van der Waals surface area (Å²) in [6.07, 6.45) is 1.72. The van der Waals surface area contributed by atoms with Crippen LogP contribution in [-0.2, 0) is 4.79 Å². The predicted molar refractivity (Wildman–Crippen MR) is 57.6 cm³/mol. The van der Waals surface area contributed by atoms with Crippen LogP contribution in [-0.4, -0.2) is 17.0 Å². The third-order valence-electron chi connectivity index (χ3n) is 2.00. The first-order valence-corrected chi connectivity index (χ1v) is 4.92. The van der Waals surface area contributed by atoms with Crippen LogP contribution in [0.4, 0.5) is 0 Å². The third kappa shape index (κ3) is 3.23. The van der Waals surface area contributed by atoms with Crippen molar-refractivity contribution in [1.29, 1.82) is 0 Å². The number of primary amides is 1. The van der Waals surface area contributed by atoms with Crippen molar-refractivity contribution < 1.29 is 9.53 Å². The molecule has 0 saturated carbocycles. The topological polar surface area (TPSA) is 65.2 Å². The van der Waals surface area contributed by atoms with Crippen LogP contribution in [0.25, 0.3) is 0 Å². The number of carbonyl (C=O) groups excluding carboxylic acids is 1. The van der Waals surface area contributed by atoms with Gasteiger partial charge in [0.25, 0.3) is 0 Å². The van der Waals surface area contributed by atoms with Crippen molar-refractivity contribution in [3.05, 3.63) is 24.0 Å². The van der Waals surface area contributed by atoms with Crippen molar-refractivity contribution in [2.45, 2.75) is 32.8 Å². The second kappa shape index (κ2) is 4.77. The Morgan fingerprint density at radius 3 is 2.47 bits per heavy atom. The van der Waals surface area contributed by atoms with Crippen molar-refractivity contribution in [2.24, 2.45) is 5.73 Å². The number of amides is 1. The molecule has 1 aromatic heterocycles. The maximum Gasteiger partial charge on any atom is 0.226 e. The number of ether oxygens (including phenoxy) is 1. The molecule has 2 N–H and O–H groups in total. The van der Waals surface area contributed by atoms with Gasteiger partial charge in [-0.2, -0.15) is 0 Å². The molecule has 15 heavy (non-hydrogen) atoms. The first kappa shape index (κ1) is 11.5. The molecule has 0 fully saturated rings. The SMILES string of the molecule is CC(C)Oc1ccc(C(C)C(N)=O)nc1. The molecule has 4 heteroatoms. The Balaban J connectivity index is 2.76. The van der Waals surface area contributed by atoms with E-state index in [0.717, 1.165) is 0 Å². The zero-order valence-corrected chi connectivity index (χ0v) is 9.23. The normalized spacial score (nSPS) is 12.5. The molecule has 1 heterocycles. The lowest BCUT2D eigenvalue weighted by Crippen LogP contribution is -2.19. The quantitative estimate of drug-likeness (QED) is 0.814. The zero-order valence-electron chi connectivity index (χ0n) is 9.23. The Morgan fingerprint density at radius 2 is 2.07 bits per heavy atom. The number of carbonyl (C=O) groups is 1. The van der Waals surface area contributed by atoms with Crippen molar-refractivity contribution in [1.82, 2.24) is 4.98 Å². The average Bonchev–Trinajstić information content (AvgIpc) is 2.17. The number of aromatic nitrogens is 1. The number of hydrogen-bond acceptors (Lipinski definition) is 3. The predicted octanol–water partition coefficient (Wildman–Crippen LogP) is 1.46. The van der Waals surface area contributed by atoms with E-state index in [9.17, 15) is 4.79 Å². The van der Waals surface area contributed by atoms with E-state index in [1.807, 2.05) is 13.8 Å². The fraction of sp³-hybridized carbons (Fsp3) is 0.455. The largest absolute Gasteiger partial charge is 0.489 e. The summed E-state index contributed by atoms with van der Waals surface area (Å²) in [4.78, 5) is 15.0. The van der Waals surface area contributed by atoms with Gasteiger partial charge in [0.15, 0.2) is 0 Å². The Kier molecular flexibility index (Phi) is 3.66. The van der Waals surface area contributed by atoms with Gasteiger partial charge in [0.05, 0.1) is 23.9 Å². The van der Waals surface area contributed by atoms with Gasteiger partial charge in [-0.05, 0) is 32.9 Å². The molecule has 0 radical (unpaired) electrons. The summed E-state index contributed by atoms with van der Waals surface area (Å²) in [6, 6.07) is 3.55. The van der Waals surface area contributed by atoms with E-state index >= 15 is 0 Å². The summed E-state index contributed by atoms with van der Waals surface area (Å²) in [7, 11) is 0. The number of pyridine rings is 1. The monoisotopic (exact) mass is 208 g/mol. The minimum Gasteiger partial charge on any atom is -0.489 e. The zero-order chi connectivity index (χ0) is 11.4. The van der Waals surface area contributed by atoms with Crippen molar-refractivity contribution in [3.8, 4) is 5.75 Å². The lowest BCUT2D eigenvalue weighted by Gasteiger charge is -2.10. The third-order valence-corrected chi connectivity index (χ3v) is 2.00. The van der Waals surface area contributed by atoms with E-state index in [1.54, 1.807) is 25.3 Å². The summed E-state index contributed by atoms with van der Waals surface area (Å²) in [5, 5.41) is 0. The highest BCUT2D eigenvalue weighted by Gasteiger charge is 2.12. The van der Waals surface area contributed by atoms with Crippen molar-refractivity contribution in [3.63, 3.8) is 0 Å². The van der Waals surface area contributed by atoms with E-state index < -0.39 is 0 Å². The van der Waals surface area contributed by atoms with Crippen LogP contribution in [0.2, 0.25) is 0 Å². The first-order chi connectivity index (χ1) is 7.00. The molecule has 0 aliphatic rings. The fourth-order valence-corrected chi connectivity index (χ4v) is 1.14. The molecular weight excluding hydrogens is 192 g/mol. The van der Waals surface area contributed by atoms with Crippen LogP contribution in [0, 0.1) is 0 Å². The molecule has 0 bridgehead atoms. The summed E-state index contributed by atoms with van der Waals surface area (Å²) < 4.78 is 5.43. The number of hydrogen-bond donors (Lipinski definition) is 1. The fourth-order valence-electron chi connectivity index (χ4n) is 1.14. The molecule has 1 unspecified atom stereocenters. The van der Waals surface area contributed by atoms with Gasteiger partial charge in [0, 0.05) is 0 Å². The molecule has 0 aliphatic heterocycles. The standard InChI is InChI=1S/C11H16N2O2/c1-7(2)15-9-4-5-10(13-6-9)8(3)11(12)14/h4-8H,1-3H3,(H2,12,14). The smallest absolute Gasteiger partial charge is 0.226 e. The lowest BCUT2D eigenvalue weighted by molar-refractivity contribution is -0.119. The van der Waals surface area contributed by atoms with Crippen molar-refractivity contribution >= 4 is 5.91 Å². The molecule has 0 spiro atoms. The molecule has 1 amide bonds. The van der Waals surface area contributed by atoms with Gasteiger partial charge in [-0.3, -0.25) is 9.78 Å². The summed E-state index contributed by atoms with van der Waals surface area (Å²) >= 11 is 0. The number of nitrogens with zero attached hydrogens (tertiary/aromatic N) is 1. The van der Waals surface area contributed by atoms with Gasteiger partial charge >= 0.3 is 0 Å². The van der Waals surface area contributed by atoms with Gasteiger partial charge in [0.1, 0.15) is 5.75 Å². The van der Waals surface area contributed by atoms with E-state index in [2.05, 4.69) is 4.98 Å². The van der Waals surface area contributed by atoms with E-state index in [1.165, 1.54) is 0 Å². The average molecular weight is 208 g/mol. The van der Waals surface area contributed by atoms with Crippen LogP contribution in [0.15, 0.2) is 18.3 Å². The lowest BCUT2D eigenvalue weighted by atomic mass is 10.1. The molecule has 0 aromatic carbocycles. The van der Waals surface area contributed by atoms with Gasteiger partial charge in [-0.15, -0.1) is 0 Å². The van der Waals surface area contributed by atoms with Gasteiger partial charge in [-0.1, -0.05) is 0 Å². The second-order valence-electron chi connectivity index (χ2n) is 3.71. The van der Waals surface area contributed by atoms with Crippen LogP contribution in [0.1, 0.15) is 32.4 Å². The van der Waals surface area contributed by atoms with Crippen LogP contribution < -0.4 is 10.5 Å².